The van der Waals surface area contributed by atoms with Gasteiger partial charge in [-0.05, 0) is 43.8 Å². The molecule has 0 aliphatic carbocycles. The van der Waals surface area contributed by atoms with E-state index in [-0.39, 0.29) is 0 Å². The Hall–Kier alpha value is -3.73. The molecule has 0 saturated carbocycles. The molecule has 6 aromatic rings. The summed E-state index contributed by atoms with van der Waals surface area (Å²) >= 11 is 0. The summed E-state index contributed by atoms with van der Waals surface area (Å²) in [7, 11) is -4.12. The van der Waals surface area contributed by atoms with Crippen molar-refractivity contribution >= 4 is 48.1 Å². The zero-order valence-electron chi connectivity index (χ0n) is 24.0. The van der Waals surface area contributed by atoms with Gasteiger partial charge >= 0.3 is 0 Å². The molecule has 0 aromatic heterocycles. The molecule has 0 heterocycles. The normalized spacial score (nSPS) is 13.8. The summed E-state index contributed by atoms with van der Waals surface area (Å²) in [5.41, 5.74) is 3.77. The third-order valence-electron chi connectivity index (χ3n) is 9.19. The van der Waals surface area contributed by atoms with Crippen molar-refractivity contribution < 1.29 is 0 Å². The van der Waals surface area contributed by atoms with E-state index in [0.717, 1.165) is 0 Å². The third-order valence-corrected chi connectivity index (χ3v) is 17.6. The average Bonchev–Trinajstić information content (AvgIpc) is 3.00. The highest BCUT2D eigenvalue weighted by atomic mass is 28.3. The van der Waals surface area contributed by atoms with Crippen molar-refractivity contribution in [2.75, 3.05) is 0 Å². The molecule has 0 fully saturated rings. The van der Waals surface area contributed by atoms with Gasteiger partial charge in [-0.2, -0.15) is 0 Å². The molecular formula is C38H38Si2. The molecule has 198 valence electrons. The van der Waals surface area contributed by atoms with Gasteiger partial charge in [0.2, 0.25) is 0 Å². The summed E-state index contributed by atoms with van der Waals surface area (Å²) in [5.74, 6) is 0. The Morgan fingerprint density at radius 2 is 0.675 bits per heavy atom. The van der Waals surface area contributed by atoms with E-state index in [9.17, 15) is 0 Å². The molecule has 2 atom stereocenters. The average molecular weight is 551 g/mol. The zero-order chi connectivity index (χ0) is 27.7. The summed E-state index contributed by atoms with van der Waals surface area (Å²) < 4.78 is 0. The van der Waals surface area contributed by atoms with E-state index >= 15 is 0 Å². The fourth-order valence-corrected chi connectivity index (χ4v) is 16.3. The van der Waals surface area contributed by atoms with Crippen molar-refractivity contribution in [1.82, 2.24) is 0 Å². The molecule has 2 heteroatoms. The van der Waals surface area contributed by atoms with Gasteiger partial charge in [0.1, 0.15) is 0 Å². The second-order valence-corrected chi connectivity index (χ2v) is 21.6. The molecule has 40 heavy (non-hydrogen) atoms. The number of hydrogen-bond donors (Lipinski definition) is 0. The summed E-state index contributed by atoms with van der Waals surface area (Å²) in [6.07, 6.45) is 0. The molecule has 0 bridgehead atoms. The first-order valence-corrected chi connectivity index (χ1v) is 20.6. The third kappa shape index (κ3) is 4.87. The van der Waals surface area contributed by atoms with Crippen molar-refractivity contribution in [3.05, 3.63) is 157 Å². The van der Waals surface area contributed by atoms with Crippen LogP contribution in [0.5, 0.6) is 0 Å². The van der Waals surface area contributed by atoms with Crippen molar-refractivity contribution in [1.29, 1.82) is 0 Å². The first-order valence-electron chi connectivity index (χ1n) is 14.4. The quantitative estimate of drug-likeness (QED) is 0.174. The van der Waals surface area contributed by atoms with E-state index < -0.39 is 16.1 Å². The van der Waals surface area contributed by atoms with Crippen LogP contribution in [0.2, 0.25) is 26.2 Å². The molecule has 0 nitrogen and oxygen atoms in total. The Labute approximate surface area is 241 Å². The van der Waals surface area contributed by atoms with Crippen LogP contribution >= 0.6 is 0 Å². The van der Waals surface area contributed by atoms with Gasteiger partial charge in [0, 0.05) is 0 Å². The zero-order valence-corrected chi connectivity index (χ0v) is 26.0. The minimum atomic E-state index is -2.06. The van der Waals surface area contributed by atoms with Crippen molar-refractivity contribution in [3.8, 4) is 0 Å². The topological polar surface area (TPSA) is 0 Å². The maximum Gasteiger partial charge on any atom is 0.0883 e. The molecule has 0 saturated heterocycles. The molecule has 0 aliphatic rings. The second kappa shape index (κ2) is 10.7. The fourth-order valence-electron chi connectivity index (χ4n) is 6.95. The van der Waals surface area contributed by atoms with Gasteiger partial charge < -0.3 is 0 Å². The highest BCUT2D eigenvalue weighted by Gasteiger charge is 2.48. The van der Waals surface area contributed by atoms with Crippen LogP contribution in [-0.4, -0.2) is 16.1 Å². The predicted octanol–water partition coefficient (Wildman–Crippen LogP) is 9.17. The Morgan fingerprint density at radius 1 is 0.350 bits per heavy atom. The van der Waals surface area contributed by atoms with Gasteiger partial charge in [0.05, 0.1) is 16.1 Å². The van der Waals surface area contributed by atoms with Crippen LogP contribution in [-0.2, 0) is 0 Å². The summed E-state index contributed by atoms with van der Waals surface area (Å²) in [6.45, 7) is 10.4. The van der Waals surface area contributed by atoms with Crippen LogP contribution in [0.15, 0.2) is 146 Å². The first-order chi connectivity index (χ1) is 19.4. The van der Waals surface area contributed by atoms with Crippen molar-refractivity contribution in [3.63, 3.8) is 0 Å². The summed E-state index contributed by atoms with van der Waals surface area (Å²) in [5, 5.41) is 8.34. The fraction of sp³-hybridized carbons (Fsp3) is 0.158. The van der Waals surface area contributed by atoms with Gasteiger partial charge in [-0.3, -0.25) is 0 Å². The molecule has 2 unspecified atom stereocenters. The Bertz CT molecular complexity index is 1620. The van der Waals surface area contributed by atoms with Gasteiger partial charge in [0.25, 0.3) is 0 Å². The largest absolute Gasteiger partial charge is 0.0883 e. The standard InChI is InChI=1S/C38H38Si2/c1-39(2,35-19-7-5-8-20-35)37(33-25-23-29-15-11-13-17-31(29)27-33)38(40(3,4)36-21-9-6-10-22-36)34-26-24-30-16-12-14-18-32(30)28-34/h5-28,37-38H,1-4H3. The molecule has 6 aromatic carbocycles. The predicted molar refractivity (Wildman–Crippen MR) is 180 cm³/mol. The lowest BCUT2D eigenvalue weighted by atomic mass is 9.98. The van der Waals surface area contributed by atoms with E-state index in [0.29, 0.717) is 11.1 Å². The van der Waals surface area contributed by atoms with Crippen LogP contribution in [0.25, 0.3) is 21.5 Å². The molecular weight excluding hydrogens is 513 g/mol. The van der Waals surface area contributed by atoms with Crippen LogP contribution in [0.4, 0.5) is 0 Å². The van der Waals surface area contributed by atoms with Crippen LogP contribution in [0.3, 0.4) is 0 Å². The van der Waals surface area contributed by atoms with E-state index in [1.807, 2.05) is 0 Å². The summed E-state index contributed by atoms with van der Waals surface area (Å²) in [4.78, 5) is 0. The first kappa shape index (κ1) is 26.5. The maximum absolute atomic E-state index is 2.60. The molecule has 0 radical (unpaired) electrons. The van der Waals surface area contributed by atoms with E-state index in [1.54, 1.807) is 0 Å². The van der Waals surface area contributed by atoms with E-state index in [4.69, 9.17) is 0 Å². The van der Waals surface area contributed by atoms with Gasteiger partial charge in [-0.1, -0.05) is 182 Å². The number of fused-ring (bicyclic) bond motifs is 2. The Balaban J connectivity index is 1.65. The Kier molecular flexibility index (Phi) is 7.08. The van der Waals surface area contributed by atoms with Gasteiger partial charge in [0.15, 0.2) is 0 Å². The monoisotopic (exact) mass is 550 g/mol. The lowest BCUT2D eigenvalue weighted by Crippen LogP contribution is -2.58. The number of rotatable bonds is 7. The summed E-state index contributed by atoms with van der Waals surface area (Å²) in [6, 6.07) is 55.0. The van der Waals surface area contributed by atoms with Crippen LogP contribution < -0.4 is 10.4 Å². The SMILES string of the molecule is C[Si](C)(c1ccccc1)C(c1ccc2ccccc2c1)C(c1ccc2ccccc2c1)[Si](C)(C)c1ccccc1. The molecule has 0 amide bonds. The van der Waals surface area contributed by atoms with Crippen molar-refractivity contribution in [2.24, 2.45) is 0 Å². The lowest BCUT2D eigenvalue weighted by molar-refractivity contribution is 0.820. The van der Waals surface area contributed by atoms with Gasteiger partial charge in [-0.15, -0.1) is 0 Å². The second-order valence-electron chi connectivity index (χ2n) is 12.3. The van der Waals surface area contributed by atoms with Crippen LogP contribution in [0, 0.1) is 0 Å². The van der Waals surface area contributed by atoms with Gasteiger partial charge in [-0.25, -0.2) is 0 Å². The molecule has 0 N–H and O–H groups in total. The van der Waals surface area contributed by atoms with E-state index in [1.165, 1.54) is 43.0 Å². The Morgan fingerprint density at radius 3 is 1.05 bits per heavy atom. The lowest BCUT2D eigenvalue weighted by Gasteiger charge is -2.46. The highest BCUT2D eigenvalue weighted by Crippen LogP contribution is 2.46. The minimum Gasteiger partial charge on any atom is -0.0650 e. The molecule has 0 spiro atoms. The highest BCUT2D eigenvalue weighted by molar-refractivity contribution is 6.96. The minimum absolute atomic E-state index is 0.405. The maximum atomic E-state index is 2.60. The number of benzene rings is 6. The molecule has 6 rings (SSSR count). The van der Waals surface area contributed by atoms with Crippen molar-refractivity contribution in [2.45, 2.75) is 37.3 Å². The molecule has 0 aliphatic heterocycles. The smallest absolute Gasteiger partial charge is 0.0650 e. The van der Waals surface area contributed by atoms with Crippen LogP contribution in [0.1, 0.15) is 22.2 Å². The number of hydrogen-bond acceptors (Lipinski definition) is 0. The van der Waals surface area contributed by atoms with E-state index in [2.05, 4.69) is 172 Å².